The molecule has 0 unspecified atom stereocenters. The van der Waals surface area contributed by atoms with Crippen molar-refractivity contribution < 1.29 is 4.52 Å². The second kappa shape index (κ2) is 6.98. The predicted molar refractivity (Wildman–Crippen MR) is 94.0 cm³/mol. The minimum absolute atomic E-state index is 0.680. The van der Waals surface area contributed by atoms with Crippen LogP contribution in [0.5, 0.6) is 0 Å². The molecule has 0 atom stereocenters. The Morgan fingerprint density at radius 1 is 1.04 bits per heavy atom. The van der Waals surface area contributed by atoms with Gasteiger partial charge in [-0.25, -0.2) is 9.97 Å². The summed E-state index contributed by atoms with van der Waals surface area (Å²) in [6, 6.07) is 12.2. The average molecular weight is 336 g/mol. The van der Waals surface area contributed by atoms with Crippen LogP contribution in [0.15, 0.2) is 47.2 Å². The third-order valence-corrected chi connectivity index (χ3v) is 4.35. The molecule has 1 saturated heterocycles. The van der Waals surface area contributed by atoms with Crippen LogP contribution in [0.25, 0.3) is 11.3 Å². The fraction of sp³-hybridized carbons (Fsp3) is 0.333. The highest BCUT2D eigenvalue weighted by Gasteiger charge is 2.20. The van der Waals surface area contributed by atoms with Crippen molar-refractivity contribution in [1.29, 1.82) is 0 Å². The summed E-state index contributed by atoms with van der Waals surface area (Å²) in [5.41, 5.74) is 2.06. The summed E-state index contributed by atoms with van der Waals surface area (Å²) in [5.74, 6) is 2.34. The third kappa shape index (κ3) is 3.66. The molecule has 3 heterocycles. The van der Waals surface area contributed by atoms with Gasteiger partial charge in [-0.3, -0.25) is 4.90 Å². The Bertz CT molecular complexity index is 826. The van der Waals surface area contributed by atoms with Gasteiger partial charge in [-0.15, -0.1) is 0 Å². The van der Waals surface area contributed by atoms with Gasteiger partial charge in [-0.05, 0) is 6.92 Å². The van der Waals surface area contributed by atoms with Crippen LogP contribution in [-0.4, -0.2) is 51.2 Å². The Balaban J connectivity index is 1.41. The molecule has 7 heteroatoms. The fourth-order valence-electron chi connectivity index (χ4n) is 3.02. The molecule has 1 aromatic carbocycles. The van der Waals surface area contributed by atoms with Crippen LogP contribution in [-0.2, 0) is 6.54 Å². The van der Waals surface area contributed by atoms with Crippen molar-refractivity contribution in [2.24, 2.45) is 0 Å². The standard InChI is InChI=1S/C18H20N6O/c1-14-21-18(25-22-14)12-23-7-9-24(10-8-23)17-11-16(19-13-20-17)15-5-3-2-4-6-15/h2-6,11,13H,7-10,12H2,1H3. The fourth-order valence-corrected chi connectivity index (χ4v) is 3.02. The monoisotopic (exact) mass is 336 g/mol. The first-order valence-corrected chi connectivity index (χ1v) is 8.42. The van der Waals surface area contributed by atoms with Gasteiger partial charge >= 0.3 is 0 Å². The van der Waals surface area contributed by atoms with E-state index < -0.39 is 0 Å². The summed E-state index contributed by atoms with van der Waals surface area (Å²) >= 11 is 0. The third-order valence-electron chi connectivity index (χ3n) is 4.35. The Hall–Kier alpha value is -2.80. The molecule has 0 aliphatic carbocycles. The molecule has 2 aromatic heterocycles. The van der Waals surface area contributed by atoms with Gasteiger partial charge in [0.15, 0.2) is 5.82 Å². The number of hydrogen-bond donors (Lipinski definition) is 0. The number of hydrogen-bond acceptors (Lipinski definition) is 7. The van der Waals surface area contributed by atoms with Gasteiger partial charge in [0.1, 0.15) is 12.1 Å². The molecule has 0 radical (unpaired) electrons. The maximum absolute atomic E-state index is 5.21. The van der Waals surface area contributed by atoms with E-state index in [1.807, 2.05) is 25.1 Å². The van der Waals surface area contributed by atoms with Gasteiger partial charge in [0, 0.05) is 37.8 Å². The molecule has 0 saturated carbocycles. The van der Waals surface area contributed by atoms with E-state index in [1.54, 1.807) is 6.33 Å². The molecule has 1 aliphatic rings. The van der Waals surface area contributed by atoms with Gasteiger partial charge < -0.3 is 9.42 Å². The van der Waals surface area contributed by atoms with Crippen molar-refractivity contribution in [3.63, 3.8) is 0 Å². The smallest absolute Gasteiger partial charge is 0.240 e. The topological polar surface area (TPSA) is 71.2 Å². The molecular weight excluding hydrogens is 316 g/mol. The SMILES string of the molecule is Cc1noc(CN2CCN(c3cc(-c4ccccc4)ncn3)CC2)n1. The summed E-state index contributed by atoms with van der Waals surface area (Å²) in [4.78, 5) is 17.7. The Morgan fingerprint density at radius 3 is 2.56 bits per heavy atom. The number of piperazine rings is 1. The van der Waals surface area contributed by atoms with Crippen LogP contribution in [0.1, 0.15) is 11.7 Å². The molecule has 128 valence electrons. The van der Waals surface area contributed by atoms with Crippen LogP contribution in [0.2, 0.25) is 0 Å². The normalized spacial score (nSPS) is 15.5. The van der Waals surface area contributed by atoms with Gasteiger partial charge in [0.25, 0.3) is 0 Å². The minimum Gasteiger partial charge on any atom is -0.354 e. The zero-order valence-corrected chi connectivity index (χ0v) is 14.2. The quantitative estimate of drug-likeness (QED) is 0.723. The molecule has 0 spiro atoms. The highest BCUT2D eigenvalue weighted by molar-refractivity contribution is 5.62. The highest BCUT2D eigenvalue weighted by atomic mass is 16.5. The number of aryl methyl sites for hydroxylation is 1. The van der Waals surface area contributed by atoms with Crippen molar-refractivity contribution in [1.82, 2.24) is 25.0 Å². The summed E-state index contributed by atoms with van der Waals surface area (Å²) < 4.78 is 5.21. The van der Waals surface area contributed by atoms with Crippen LogP contribution in [0.3, 0.4) is 0 Å². The van der Waals surface area contributed by atoms with Gasteiger partial charge in [0.2, 0.25) is 5.89 Å². The predicted octanol–water partition coefficient (Wildman–Crippen LogP) is 2.16. The zero-order chi connectivity index (χ0) is 17.1. The van der Waals surface area contributed by atoms with Crippen LogP contribution in [0.4, 0.5) is 5.82 Å². The lowest BCUT2D eigenvalue weighted by atomic mass is 10.1. The highest BCUT2D eigenvalue weighted by Crippen LogP contribution is 2.21. The van der Waals surface area contributed by atoms with Crippen molar-refractivity contribution in [3.8, 4) is 11.3 Å². The van der Waals surface area contributed by atoms with Crippen LogP contribution in [0, 0.1) is 6.92 Å². The lowest BCUT2D eigenvalue weighted by molar-refractivity contribution is 0.215. The van der Waals surface area contributed by atoms with Crippen molar-refractivity contribution in [2.75, 3.05) is 31.1 Å². The summed E-state index contributed by atoms with van der Waals surface area (Å²) in [6.07, 6.45) is 1.64. The van der Waals surface area contributed by atoms with E-state index in [9.17, 15) is 0 Å². The molecule has 0 amide bonds. The van der Waals surface area contributed by atoms with E-state index in [0.717, 1.165) is 43.3 Å². The Kier molecular flexibility index (Phi) is 4.39. The molecule has 0 N–H and O–H groups in total. The number of anilines is 1. The number of benzene rings is 1. The molecule has 1 fully saturated rings. The van der Waals surface area contributed by atoms with E-state index in [1.165, 1.54) is 0 Å². The van der Waals surface area contributed by atoms with E-state index in [-0.39, 0.29) is 0 Å². The van der Waals surface area contributed by atoms with Crippen molar-refractivity contribution in [2.45, 2.75) is 13.5 Å². The largest absolute Gasteiger partial charge is 0.354 e. The van der Waals surface area contributed by atoms with Crippen molar-refractivity contribution >= 4 is 5.82 Å². The second-order valence-electron chi connectivity index (χ2n) is 6.13. The lowest BCUT2D eigenvalue weighted by Gasteiger charge is -2.34. The lowest BCUT2D eigenvalue weighted by Crippen LogP contribution is -2.46. The average Bonchev–Trinajstić information content (AvgIpc) is 3.08. The van der Waals surface area contributed by atoms with E-state index in [0.29, 0.717) is 18.3 Å². The zero-order valence-electron chi connectivity index (χ0n) is 14.2. The van der Waals surface area contributed by atoms with E-state index in [2.05, 4.69) is 48.1 Å². The van der Waals surface area contributed by atoms with Crippen molar-refractivity contribution in [3.05, 3.63) is 54.4 Å². The maximum atomic E-state index is 5.21. The molecule has 0 bridgehead atoms. The molecular formula is C18H20N6O. The van der Waals surface area contributed by atoms with E-state index >= 15 is 0 Å². The summed E-state index contributed by atoms with van der Waals surface area (Å²) in [6.45, 7) is 6.24. The first-order chi connectivity index (χ1) is 12.3. The molecule has 1 aliphatic heterocycles. The number of aromatic nitrogens is 4. The molecule has 4 rings (SSSR count). The maximum Gasteiger partial charge on any atom is 0.240 e. The van der Waals surface area contributed by atoms with Gasteiger partial charge in [-0.2, -0.15) is 4.98 Å². The Morgan fingerprint density at radius 2 is 1.84 bits per heavy atom. The van der Waals surface area contributed by atoms with Crippen LogP contribution >= 0.6 is 0 Å². The van der Waals surface area contributed by atoms with E-state index in [4.69, 9.17) is 4.52 Å². The molecule has 7 nitrogen and oxygen atoms in total. The first-order valence-electron chi connectivity index (χ1n) is 8.42. The second-order valence-corrected chi connectivity index (χ2v) is 6.13. The minimum atomic E-state index is 0.680. The molecule has 3 aromatic rings. The van der Waals surface area contributed by atoms with Gasteiger partial charge in [0.05, 0.1) is 12.2 Å². The van der Waals surface area contributed by atoms with Gasteiger partial charge in [-0.1, -0.05) is 35.5 Å². The molecule has 25 heavy (non-hydrogen) atoms. The summed E-state index contributed by atoms with van der Waals surface area (Å²) in [5, 5.41) is 3.84. The Labute approximate surface area is 146 Å². The van der Waals surface area contributed by atoms with Crippen LogP contribution < -0.4 is 4.90 Å². The summed E-state index contributed by atoms with van der Waals surface area (Å²) in [7, 11) is 0. The number of rotatable bonds is 4. The number of nitrogens with zero attached hydrogens (tertiary/aromatic N) is 6. The first kappa shape index (κ1) is 15.7.